The molecule has 0 aliphatic rings. The van der Waals surface area contributed by atoms with E-state index in [1.54, 1.807) is 6.07 Å². The second-order valence-corrected chi connectivity index (χ2v) is 8.58. The molecule has 1 rings (SSSR count). The summed E-state index contributed by atoms with van der Waals surface area (Å²) in [5.41, 5.74) is 0. The maximum absolute atomic E-state index is 12.3. The van der Waals surface area contributed by atoms with Crippen molar-refractivity contribution in [3.05, 3.63) is 14.7 Å². The van der Waals surface area contributed by atoms with Crippen LogP contribution in [0.5, 0.6) is 0 Å². The van der Waals surface area contributed by atoms with E-state index in [9.17, 15) is 8.42 Å². The molecular weight excluding hydrogens is 348 g/mol. The smallest absolute Gasteiger partial charge is 0.242 e. The maximum Gasteiger partial charge on any atom is 0.242 e. The number of hydrogen-bond acceptors (Lipinski definition) is 4. The van der Waals surface area contributed by atoms with Crippen molar-refractivity contribution in [3.63, 3.8) is 0 Å². The molecule has 0 aliphatic carbocycles. The minimum atomic E-state index is -3.43. The zero-order valence-electron chi connectivity index (χ0n) is 11.5. The van der Waals surface area contributed by atoms with Crippen LogP contribution < -0.4 is 10.0 Å². The van der Waals surface area contributed by atoms with Crippen LogP contribution in [0.2, 0.25) is 0 Å². The van der Waals surface area contributed by atoms with Gasteiger partial charge in [0, 0.05) is 17.5 Å². The molecule has 1 heterocycles. The minimum Gasteiger partial charge on any atom is -0.312 e. The van der Waals surface area contributed by atoms with Crippen LogP contribution >= 0.6 is 27.3 Å². The number of hydrogen-bond donors (Lipinski definition) is 2. The van der Waals surface area contributed by atoms with Crippen molar-refractivity contribution >= 4 is 37.3 Å². The van der Waals surface area contributed by atoms with E-state index in [0.717, 1.165) is 24.3 Å². The lowest BCUT2D eigenvalue weighted by Gasteiger charge is -2.12. The van der Waals surface area contributed by atoms with Crippen LogP contribution in [0.1, 0.15) is 38.5 Å². The van der Waals surface area contributed by atoms with Gasteiger partial charge in [-0.1, -0.05) is 20.3 Å². The fourth-order valence-electron chi connectivity index (χ4n) is 1.74. The van der Waals surface area contributed by atoms with Gasteiger partial charge in [-0.2, -0.15) is 0 Å². The molecular formula is C12H21BrN2O2S2. The number of thiophene rings is 1. The average molecular weight is 369 g/mol. The van der Waals surface area contributed by atoms with Gasteiger partial charge in [-0.05, 0) is 41.9 Å². The summed E-state index contributed by atoms with van der Waals surface area (Å²) in [4.78, 5) is 1.35. The first-order valence-corrected chi connectivity index (χ1v) is 9.51. The maximum atomic E-state index is 12.3. The van der Waals surface area contributed by atoms with Crippen LogP contribution in [-0.2, 0) is 16.6 Å². The molecule has 0 bridgehead atoms. The second-order valence-electron chi connectivity index (χ2n) is 4.44. The summed E-state index contributed by atoms with van der Waals surface area (Å²) >= 11 is 4.80. The van der Waals surface area contributed by atoms with E-state index in [0.29, 0.717) is 15.2 Å². The number of halogens is 1. The third kappa shape index (κ3) is 5.15. The molecule has 1 aromatic heterocycles. The summed E-state index contributed by atoms with van der Waals surface area (Å²) in [5.74, 6) is 0. The molecule has 110 valence electrons. The standard InChI is InChI=1S/C12H21BrN2O2S2/c1-4-6-9(3)15-19(16,17)11-7-10(8-14-5-2)18-12(11)13/h7,9,14-15H,4-6,8H2,1-3H3. The van der Waals surface area contributed by atoms with Crippen molar-refractivity contribution in [2.45, 2.75) is 51.1 Å². The van der Waals surface area contributed by atoms with Gasteiger partial charge < -0.3 is 5.32 Å². The van der Waals surface area contributed by atoms with Gasteiger partial charge in [0.25, 0.3) is 0 Å². The lowest BCUT2D eigenvalue weighted by molar-refractivity contribution is 0.544. The Hall–Kier alpha value is 0.0500. The van der Waals surface area contributed by atoms with Gasteiger partial charge in [0.1, 0.15) is 4.90 Å². The van der Waals surface area contributed by atoms with Crippen LogP contribution in [0.15, 0.2) is 14.7 Å². The van der Waals surface area contributed by atoms with Crippen molar-refractivity contribution in [2.75, 3.05) is 6.54 Å². The first kappa shape index (κ1) is 17.1. The molecule has 1 unspecified atom stereocenters. The quantitative estimate of drug-likeness (QED) is 0.740. The summed E-state index contributed by atoms with van der Waals surface area (Å²) in [6.45, 7) is 7.51. The topological polar surface area (TPSA) is 58.2 Å². The van der Waals surface area contributed by atoms with Gasteiger partial charge in [0.2, 0.25) is 10.0 Å². The third-order valence-electron chi connectivity index (χ3n) is 2.62. The van der Waals surface area contributed by atoms with Gasteiger partial charge in [0.15, 0.2) is 0 Å². The predicted molar refractivity (Wildman–Crippen MR) is 84.1 cm³/mol. The molecule has 0 saturated carbocycles. The monoisotopic (exact) mass is 368 g/mol. The van der Waals surface area contributed by atoms with Crippen LogP contribution in [0.25, 0.3) is 0 Å². The number of nitrogens with one attached hydrogen (secondary N) is 2. The van der Waals surface area contributed by atoms with Crippen LogP contribution in [0.4, 0.5) is 0 Å². The van der Waals surface area contributed by atoms with Gasteiger partial charge in [-0.15, -0.1) is 11.3 Å². The molecule has 0 spiro atoms. The lowest BCUT2D eigenvalue weighted by atomic mass is 10.2. The second kappa shape index (κ2) is 7.73. The predicted octanol–water partition coefficient (Wildman–Crippen LogP) is 3.09. The molecule has 0 amide bonds. The fourth-order valence-corrected chi connectivity index (χ4v) is 5.67. The highest BCUT2D eigenvalue weighted by molar-refractivity contribution is 9.11. The molecule has 19 heavy (non-hydrogen) atoms. The van der Waals surface area contributed by atoms with Crippen LogP contribution in [-0.4, -0.2) is 21.0 Å². The van der Waals surface area contributed by atoms with E-state index >= 15 is 0 Å². The van der Waals surface area contributed by atoms with Crippen molar-refractivity contribution in [2.24, 2.45) is 0 Å². The van der Waals surface area contributed by atoms with E-state index in [1.165, 1.54) is 11.3 Å². The highest BCUT2D eigenvalue weighted by Crippen LogP contribution is 2.31. The highest BCUT2D eigenvalue weighted by atomic mass is 79.9. The van der Waals surface area contributed by atoms with E-state index in [2.05, 4.69) is 26.0 Å². The molecule has 2 N–H and O–H groups in total. The Morgan fingerprint density at radius 1 is 1.42 bits per heavy atom. The summed E-state index contributed by atoms with van der Waals surface area (Å²) in [7, 11) is -3.43. The van der Waals surface area contributed by atoms with Crippen molar-refractivity contribution in [3.8, 4) is 0 Å². The van der Waals surface area contributed by atoms with Crippen LogP contribution in [0.3, 0.4) is 0 Å². The van der Waals surface area contributed by atoms with Crippen LogP contribution in [0, 0.1) is 0 Å². The third-order valence-corrected chi connectivity index (χ3v) is 6.46. The molecule has 1 atom stereocenters. The fraction of sp³-hybridized carbons (Fsp3) is 0.667. The Kier molecular flexibility index (Phi) is 6.96. The Morgan fingerprint density at radius 2 is 2.11 bits per heavy atom. The zero-order chi connectivity index (χ0) is 14.5. The molecule has 0 radical (unpaired) electrons. The van der Waals surface area contributed by atoms with E-state index in [-0.39, 0.29) is 6.04 Å². The van der Waals surface area contributed by atoms with E-state index in [1.807, 2.05) is 20.8 Å². The molecule has 0 saturated heterocycles. The van der Waals surface area contributed by atoms with Crippen molar-refractivity contribution in [1.29, 1.82) is 0 Å². The Balaban J connectivity index is 2.85. The Labute approximate surface area is 128 Å². The number of sulfonamides is 1. The molecule has 0 fully saturated rings. The Bertz CT molecular complexity index is 500. The lowest BCUT2D eigenvalue weighted by Crippen LogP contribution is -2.32. The summed E-state index contributed by atoms with van der Waals surface area (Å²) in [6.07, 6.45) is 1.80. The first-order chi connectivity index (χ1) is 8.90. The van der Waals surface area contributed by atoms with E-state index < -0.39 is 10.0 Å². The SMILES string of the molecule is CCCC(C)NS(=O)(=O)c1cc(CNCC)sc1Br. The molecule has 1 aromatic rings. The van der Waals surface area contributed by atoms with Crippen molar-refractivity contribution in [1.82, 2.24) is 10.0 Å². The summed E-state index contributed by atoms with van der Waals surface area (Å²) < 4.78 is 27.9. The number of rotatable bonds is 8. The molecule has 7 heteroatoms. The van der Waals surface area contributed by atoms with Gasteiger partial charge >= 0.3 is 0 Å². The van der Waals surface area contributed by atoms with Gasteiger partial charge in [-0.25, -0.2) is 13.1 Å². The molecule has 0 aliphatic heterocycles. The Morgan fingerprint density at radius 3 is 2.68 bits per heavy atom. The zero-order valence-corrected chi connectivity index (χ0v) is 14.7. The summed E-state index contributed by atoms with van der Waals surface area (Å²) in [6, 6.07) is 1.69. The summed E-state index contributed by atoms with van der Waals surface area (Å²) in [5, 5.41) is 3.19. The largest absolute Gasteiger partial charge is 0.312 e. The average Bonchev–Trinajstić information content (AvgIpc) is 2.68. The normalized spacial score (nSPS) is 13.7. The molecule has 0 aromatic carbocycles. The molecule has 4 nitrogen and oxygen atoms in total. The van der Waals surface area contributed by atoms with Gasteiger partial charge in [-0.3, -0.25) is 0 Å². The first-order valence-electron chi connectivity index (χ1n) is 6.42. The highest BCUT2D eigenvalue weighted by Gasteiger charge is 2.22. The van der Waals surface area contributed by atoms with E-state index in [4.69, 9.17) is 0 Å². The van der Waals surface area contributed by atoms with Gasteiger partial charge in [0.05, 0.1) is 3.79 Å². The van der Waals surface area contributed by atoms with Crippen molar-refractivity contribution < 1.29 is 8.42 Å². The minimum absolute atomic E-state index is 0.0426.